The van der Waals surface area contributed by atoms with E-state index in [-0.39, 0.29) is 12.5 Å². The lowest BCUT2D eigenvalue weighted by Crippen LogP contribution is -2.45. The van der Waals surface area contributed by atoms with Crippen molar-refractivity contribution in [2.45, 2.75) is 379 Å². The van der Waals surface area contributed by atoms with Crippen LogP contribution in [0.4, 0.5) is 0 Å². The van der Waals surface area contributed by atoms with Gasteiger partial charge in [0.15, 0.2) is 0 Å². The van der Waals surface area contributed by atoms with Crippen LogP contribution in [0.1, 0.15) is 367 Å². The van der Waals surface area contributed by atoms with Crippen molar-refractivity contribution in [2.75, 3.05) is 6.61 Å². The number of nitrogens with one attached hydrogen (secondary N) is 1. The van der Waals surface area contributed by atoms with Gasteiger partial charge in [0.1, 0.15) is 0 Å². The molecule has 0 bridgehead atoms. The number of hydrogen-bond donors (Lipinski definition) is 3. The van der Waals surface area contributed by atoms with Gasteiger partial charge in [0, 0.05) is 6.42 Å². The minimum Gasteiger partial charge on any atom is -0.394 e. The largest absolute Gasteiger partial charge is 0.394 e. The minimum atomic E-state index is -0.661. The topological polar surface area (TPSA) is 69.6 Å². The van der Waals surface area contributed by atoms with E-state index in [1.165, 1.54) is 283 Å². The molecule has 0 saturated carbocycles. The summed E-state index contributed by atoms with van der Waals surface area (Å²) in [5.41, 5.74) is 0. The Bertz CT molecular complexity index is 1230. The maximum Gasteiger partial charge on any atom is 0.220 e. The van der Waals surface area contributed by atoms with Gasteiger partial charge in [-0.15, -0.1) is 0 Å². The molecule has 0 fully saturated rings. The Morgan fingerprint density at radius 2 is 0.587 bits per heavy atom. The third-order valence-corrected chi connectivity index (χ3v) is 15.8. The summed E-state index contributed by atoms with van der Waals surface area (Å²) in [5, 5.41) is 23.5. The summed E-state index contributed by atoms with van der Waals surface area (Å²) in [6, 6.07) is -0.538. The molecule has 0 aromatic heterocycles. The van der Waals surface area contributed by atoms with E-state index in [1.54, 1.807) is 0 Å². The van der Waals surface area contributed by atoms with Crippen LogP contribution < -0.4 is 5.32 Å². The molecule has 0 aromatic carbocycles. The van der Waals surface area contributed by atoms with Gasteiger partial charge in [-0.2, -0.15) is 0 Å². The van der Waals surface area contributed by atoms with Crippen LogP contribution in [-0.2, 0) is 4.79 Å². The van der Waals surface area contributed by atoms with Crippen LogP contribution in [0.5, 0.6) is 0 Å². The molecule has 3 N–H and O–H groups in total. The van der Waals surface area contributed by atoms with Gasteiger partial charge in [-0.1, -0.05) is 364 Å². The Kier molecular flexibility index (Phi) is 64.7. The summed E-state index contributed by atoms with van der Waals surface area (Å²) in [4.78, 5) is 12.6. The molecule has 1 amide bonds. The van der Waals surface area contributed by atoms with Gasteiger partial charge in [-0.05, 0) is 57.8 Å². The summed E-state index contributed by atoms with van der Waals surface area (Å²) in [6.07, 6.45) is 94.1. The highest BCUT2D eigenvalue weighted by Gasteiger charge is 2.20. The first-order chi connectivity index (χ1) is 37.2. The standard InChI is InChI=1S/C71H133NO3/c1-3-5-7-9-11-13-15-17-19-21-23-25-27-29-31-32-33-34-35-36-37-38-39-40-41-43-45-47-49-51-53-55-57-59-61-63-65-67-71(75)72-69(68-73)70(74)66-64-62-60-58-56-54-52-50-48-46-44-42-30-28-26-24-22-20-18-16-14-12-10-8-6-4-2/h5,7,11,13,17,19,23,25,29,31,69-70,73-74H,3-4,6,8-10,12,14-16,18,20-22,24,26-28,30,32-68H2,1-2H3,(H,72,75)/b7-5-,13-11-,19-17-,25-23-,31-29-. The van der Waals surface area contributed by atoms with Gasteiger partial charge in [0.2, 0.25) is 5.91 Å². The van der Waals surface area contributed by atoms with E-state index in [0.29, 0.717) is 12.8 Å². The smallest absolute Gasteiger partial charge is 0.220 e. The molecule has 0 rings (SSSR count). The lowest BCUT2D eigenvalue weighted by atomic mass is 10.0. The van der Waals surface area contributed by atoms with Crippen LogP contribution in [0.25, 0.3) is 0 Å². The first kappa shape index (κ1) is 73.1. The Morgan fingerprint density at radius 3 is 0.880 bits per heavy atom. The predicted octanol–water partition coefficient (Wildman–Crippen LogP) is 23.1. The summed E-state index contributed by atoms with van der Waals surface area (Å²) < 4.78 is 0. The highest BCUT2D eigenvalue weighted by Crippen LogP contribution is 2.19. The summed E-state index contributed by atoms with van der Waals surface area (Å²) in [5.74, 6) is -0.0244. The van der Waals surface area contributed by atoms with Crippen LogP contribution in [0.3, 0.4) is 0 Å². The van der Waals surface area contributed by atoms with Crippen molar-refractivity contribution in [3.8, 4) is 0 Å². The molecule has 0 heterocycles. The Balaban J connectivity index is 3.40. The molecule has 0 aliphatic heterocycles. The van der Waals surface area contributed by atoms with Crippen LogP contribution in [0.15, 0.2) is 60.8 Å². The van der Waals surface area contributed by atoms with Gasteiger partial charge in [-0.3, -0.25) is 4.79 Å². The number of hydrogen-bond acceptors (Lipinski definition) is 3. The van der Waals surface area contributed by atoms with Gasteiger partial charge < -0.3 is 15.5 Å². The maximum absolute atomic E-state index is 12.6. The van der Waals surface area contributed by atoms with Crippen molar-refractivity contribution in [1.29, 1.82) is 0 Å². The van der Waals surface area contributed by atoms with Crippen molar-refractivity contribution < 1.29 is 15.0 Å². The van der Waals surface area contributed by atoms with Crippen molar-refractivity contribution in [2.24, 2.45) is 0 Å². The van der Waals surface area contributed by atoms with Gasteiger partial charge >= 0.3 is 0 Å². The quantitative estimate of drug-likeness (QED) is 0.0420. The summed E-state index contributed by atoms with van der Waals surface area (Å²) in [7, 11) is 0. The molecule has 4 heteroatoms. The molecule has 0 aromatic rings. The maximum atomic E-state index is 12.6. The zero-order chi connectivity index (χ0) is 54.1. The molecule has 0 aliphatic rings. The monoisotopic (exact) mass is 1050 g/mol. The number of rotatable bonds is 63. The molecular formula is C71H133NO3. The van der Waals surface area contributed by atoms with E-state index >= 15 is 0 Å². The first-order valence-electron chi connectivity index (χ1n) is 34.0. The van der Waals surface area contributed by atoms with E-state index in [4.69, 9.17) is 0 Å². The van der Waals surface area contributed by atoms with E-state index in [1.807, 2.05) is 0 Å². The third-order valence-electron chi connectivity index (χ3n) is 15.8. The van der Waals surface area contributed by atoms with Gasteiger partial charge in [-0.25, -0.2) is 0 Å². The Hall–Kier alpha value is -1.91. The van der Waals surface area contributed by atoms with Crippen molar-refractivity contribution in [3.05, 3.63) is 60.8 Å². The predicted molar refractivity (Wildman–Crippen MR) is 336 cm³/mol. The molecule has 0 aliphatic carbocycles. The van der Waals surface area contributed by atoms with Gasteiger partial charge in [0.25, 0.3) is 0 Å². The van der Waals surface area contributed by atoms with Crippen LogP contribution in [0, 0.1) is 0 Å². The average Bonchev–Trinajstić information content (AvgIpc) is 3.41. The highest BCUT2D eigenvalue weighted by atomic mass is 16.3. The molecule has 2 atom stereocenters. The zero-order valence-electron chi connectivity index (χ0n) is 50.8. The van der Waals surface area contributed by atoms with E-state index in [9.17, 15) is 15.0 Å². The number of aliphatic hydroxyl groups excluding tert-OH is 2. The highest BCUT2D eigenvalue weighted by molar-refractivity contribution is 5.76. The molecule has 0 radical (unpaired) electrons. The van der Waals surface area contributed by atoms with Crippen LogP contribution >= 0.6 is 0 Å². The van der Waals surface area contributed by atoms with Crippen molar-refractivity contribution in [3.63, 3.8) is 0 Å². The second-order valence-corrected chi connectivity index (χ2v) is 23.2. The second kappa shape index (κ2) is 66.4. The third kappa shape index (κ3) is 62.8. The number of carbonyl (C=O) groups is 1. The van der Waals surface area contributed by atoms with E-state index in [0.717, 1.165) is 57.8 Å². The SMILES string of the molecule is CC/C=C\C/C=C\C/C=C\C/C=C\C/C=C\CCCCCCCCCCCCCCCCCCCCCCCC(=O)NC(CO)C(O)CCCCCCCCCCCCCCCCCCCCCCCCCCCC. The fourth-order valence-electron chi connectivity index (χ4n) is 10.7. The fourth-order valence-corrected chi connectivity index (χ4v) is 10.7. The Morgan fingerprint density at radius 1 is 0.333 bits per heavy atom. The van der Waals surface area contributed by atoms with E-state index in [2.05, 4.69) is 79.9 Å². The lowest BCUT2D eigenvalue weighted by Gasteiger charge is -2.22. The molecule has 75 heavy (non-hydrogen) atoms. The summed E-state index contributed by atoms with van der Waals surface area (Å²) in [6.45, 7) is 4.28. The number of unbranched alkanes of at least 4 members (excludes halogenated alkanes) is 46. The fraction of sp³-hybridized carbons (Fsp3) is 0.845. The van der Waals surface area contributed by atoms with Crippen molar-refractivity contribution in [1.82, 2.24) is 5.32 Å². The second-order valence-electron chi connectivity index (χ2n) is 23.2. The van der Waals surface area contributed by atoms with Crippen molar-refractivity contribution >= 4 is 5.91 Å². The summed E-state index contributed by atoms with van der Waals surface area (Å²) >= 11 is 0. The molecule has 2 unspecified atom stereocenters. The Labute approximate surface area is 470 Å². The molecular weight excluding hydrogens is 915 g/mol. The van der Waals surface area contributed by atoms with Crippen LogP contribution in [-0.4, -0.2) is 34.9 Å². The van der Waals surface area contributed by atoms with Gasteiger partial charge in [0.05, 0.1) is 18.8 Å². The molecule has 440 valence electrons. The molecule has 0 spiro atoms. The van der Waals surface area contributed by atoms with E-state index < -0.39 is 12.1 Å². The van der Waals surface area contributed by atoms with Crippen LogP contribution in [0.2, 0.25) is 0 Å². The number of amides is 1. The normalized spacial score (nSPS) is 13.1. The number of allylic oxidation sites excluding steroid dienone is 10. The number of carbonyl (C=O) groups excluding carboxylic acids is 1. The molecule has 4 nitrogen and oxygen atoms in total. The average molecular weight is 1050 g/mol. The molecule has 0 saturated heterocycles. The zero-order valence-corrected chi connectivity index (χ0v) is 50.8. The number of aliphatic hydroxyl groups is 2. The minimum absolute atomic E-state index is 0.0244. The lowest BCUT2D eigenvalue weighted by molar-refractivity contribution is -0.123. The first-order valence-corrected chi connectivity index (χ1v) is 34.0.